The Balaban J connectivity index is 1.85. The molecule has 28 heavy (non-hydrogen) atoms. The van der Waals surface area contributed by atoms with E-state index in [-0.39, 0.29) is 5.75 Å². The van der Waals surface area contributed by atoms with Gasteiger partial charge in [-0.2, -0.15) is 4.98 Å². The second kappa shape index (κ2) is 7.23. The van der Waals surface area contributed by atoms with Crippen LogP contribution in [0.5, 0.6) is 11.6 Å². The first-order valence-corrected chi connectivity index (χ1v) is 8.73. The molecule has 2 aromatic heterocycles. The first-order chi connectivity index (χ1) is 13.6. The van der Waals surface area contributed by atoms with E-state index in [0.717, 1.165) is 16.5 Å². The number of hydrogen-bond acceptors (Lipinski definition) is 5. The zero-order chi connectivity index (χ0) is 19.7. The Morgan fingerprint density at radius 2 is 1.68 bits per heavy atom. The van der Waals surface area contributed by atoms with Gasteiger partial charge in [-0.15, -0.1) is 0 Å². The lowest BCUT2D eigenvalue weighted by atomic mass is 10.1. The first-order valence-electron chi connectivity index (χ1n) is 8.73. The fraction of sp³-hybridized carbons (Fsp3) is 0.136. The van der Waals surface area contributed by atoms with Crippen LogP contribution in [0.25, 0.3) is 33.7 Å². The summed E-state index contributed by atoms with van der Waals surface area (Å²) in [5.74, 6) is 0.696. The van der Waals surface area contributed by atoms with Gasteiger partial charge < -0.3 is 9.47 Å². The number of rotatable bonds is 4. The topological polar surface area (TPSA) is 57.1 Å². The van der Waals surface area contributed by atoms with Crippen LogP contribution in [-0.4, -0.2) is 29.2 Å². The number of nitrogens with zero attached hydrogens (tertiary/aromatic N) is 3. The Hall–Kier alpha value is -3.54. The largest absolute Gasteiger partial charge is 0.494 e. The predicted octanol–water partition coefficient (Wildman–Crippen LogP) is 4.82. The highest BCUT2D eigenvalue weighted by molar-refractivity contribution is 5.85. The summed E-state index contributed by atoms with van der Waals surface area (Å²) in [5, 5.41) is 0.832. The van der Waals surface area contributed by atoms with Crippen molar-refractivity contribution in [3.8, 4) is 34.4 Å². The van der Waals surface area contributed by atoms with E-state index in [9.17, 15) is 4.39 Å². The Kier molecular flexibility index (Phi) is 4.61. The third kappa shape index (κ3) is 3.13. The van der Waals surface area contributed by atoms with Gasteiger partial charge in [0.1, 0.15) is 5.69 Å². The Bertz CT molecular complexity index is 1180. The number of pyridine rings is 1. The fourth-order valence-electron chi connectivity index (χ4n) is 3.08. The number of methoxy groups -OCH3 is 2. The lowest BCUT2D eigenvalue weighted by molar-refractivity contribution is 0.386. The Labute approximate surface area is 161 Å². The molecule has 2 aromatic carbocycles. The van der Waals surface area contributed by atoms with Gasteiger partial charge in [0.25, 0.3) is 0 Å². The van der Waals surface area contributed by atoms with Crippen LogP contribution >= 0.6 is 0 Å². The molecule has 5 nitrogen and oxygen atoms in total. The molecule has 0 aliphatic carbocycles. The number of halogens is 1. The second-order valence-electron chi connectivity index (χ2n) is 6.28. The molecule has 4 aromatic rings. The molecule has 0 radical (unpaired) electrons. The van der Waals surface area contributed by atoms with E-state index in [4.69, 9.17) is 14.5 Å². The molecule has 0 N–H and O–H groups in total. The van der Waals surface area contributed by atoms with Crippen molar-refractivity contribution in [2.75, 3.05) is 14.2 Å². The van der Waals surface area contributed by atoms with Crippen molar-refractivity contribution in [1.29, 1.82) is 0 Å². The smallest absolute Gasteiger partial charge is 0.224 e. The standard InChI is InChI=1S/C22H18FN3O2/c1-13-8-10-18(24-20(13)14-9-11-19(27-2)16(23)12-14)21-25-17-7-5-4-6-15(17)22(26-21)28-3/h4-12H,1-3H3. The molecule has 4 rings (SSSR count). The monoisotopic (exact) mass is 375 g/mol. The number of benzene rings is 2. The number of ether oxygens (including phenoxy) is 2. The molecule has 0 spiro atoms. The molecule has 140 valence electrons. The van der Waals surface area contributed by atoms with Gasteiger partial charge in [-0.1, -0.05) is 18.2 Å². The zero-order valence-electron chi connectivity index (χ0n) is 15.7. The summed E-state index contributed by atoms with van der Waals surface area (Å²) in [4.78, 5) is 13.8. The minimum atomic E-state index is -0.435. The molecule has 0 saturated heterocycles. The molecule has 0 bridgehead atoms. The lowest BCUT2D eigenvalue weighted by Gasteiger charge is -2.11. The predicted molar refractivity (Wildman–Crippen MR) is 106 cm³/mol. The first kappa shape index (κ1) is 17.9. The zero-order valence-corrected chi connectivity index (χ0v) is 15.7. The minimum absolute atomic E-state index is 0.195. The number of para-hydroxylation sites is 1. The van der Waals surface area contributed by atoms with Gasteiger partial charge in [0.15, 0.2) is 17.4 Å². The van der Waals surface area contributed by atoms with Crippen LogP contribution in [0.15, 0.2) is 54.6 Å². The normalized spacial score (nSPS) is 10.9. The summed E-state index contributed by atoms with van der Waals surface area (Å²) in [5.41, 5.74) is 3.59. The molecule has 0 aliphatic rings. The maximum Gasteiger partial charge on any atom is 0.224 e. The minimum Gasteiger partial charge on any atom is -0.494 e. The molecule has 0 fully saturated rings. The SMILES string of the molecule is COc1ccc(-c2nc(-c3nc(OC)c4ccccc4n3)ccc2C)cc1F. The van der Waals surface area contributed by atoms with E-state index in [1.165, 1.54) is 13.2 Å². The lowest BCUT2D eigenvalue weighted by Crippen LogP contribution is -1.99. The van der Waals surface area contributed by atoms with Crippen molar-refractivity contribution in [2.24, 2.45) is 0 Å². The van der Waals surface area contributed by atoms with E-state index in [1.54, 1.807) is 19.2 Å². The molecular formula is C22H18FN3O2. The van der Waals surface area contributed by atoms with Crippen molar-refractivity contribution in [3.05, 3.63) is 66.0 Å². The van der Waals surface area contributed by atoms with Crippen LogP contribution in [0.3, 0.4) is 0 Å². The molecule has 2 heterocycles. The van der Waals surface area contributed by atoms with E-state index >= 15 is 0 Å². The van der Waals surface area contributed by atoms with E-state index in [0.29, 0.717) is 28.7 Å². The average Bonchev–Trinajstić information content (AvgIpc) is 2.73. The van der Waals surface area contributed by atoms with E-state index < -0.39 is 5.82 Å². The summed E-state index contributed by atoms with van der Waals surface area (Å²) in [6, 6.07) is 16.2. The molecular weight excluding hydrogens is 357 g/mol. The summed E-state index contributed by atoms with van der Waals surface area (Å²) in [6.07, 6.45) is 0. The highest BCUT2D eigenvalue weighted by Gasteiger charge is 2.14. The molecule has 0 unspecified atom stereocenters. The summed E-state index contributed by atoms with van der Waals surface area (Å²) in [6.45, 7) is 1.93. The van der Waals surface area contributed by atoms with Gasteiger partial charge in [-0.3, -0.25) is 0 Å². The Morgan fingerprint density at radius 1 is 0.857 bits per heavy atom. The van der Waals surface area contributed by atoms with E-state index in [1.807, 2.05) is 43.3 Å². The van der Waals surface area contributed by atoms with Gasteiger partial charge in [0.05, 0.1) is 30.8 Å². The molecule has 6 heteroatoms. The van der Waals surface area contributed by atoms with Crippen LogP contribution < -0.4 is 9.47 Å². The summed E-state index contributed by atoms with van der Waals surface area (Å²) < 4.78 is 24.6. The van der Waals surface area contributed by atoms with Crippen LogP contribution in [0.4, 0.5) is 4.39 Å². The quantitative estimate of drug-likeness (QED) is 0.512. The van der Waals surface area contributed by atoms with Crippen LogP contribution in [0.1, 0.15) is 5.56 Å². The molecule has 0 atom stereocenters. The second-order valence-corrected chi connectivity index (χ2v) is 6.28. The maximum absolute atomic E-state index is 14.2. The van der Waals surface area contributed by atoms with Gasteiger partial charge in [-0.05, 0) is 48.9 Å². The van der Waals surface area contributed by atoms with Crippen LogP contribution in [-0.2, 0) is 0 Å². The van der Waals surface area contributed by atoms with Crippen molar-refractivity contribution in [3.63, 3.8) is 0 Å². The van der Waals surface area contributed by atoms with Crippen molar-refractivity contribution in [2.45, 2.75) is 6.92 Å². The summed E-state index contributed by atoms with van der Waals surface area (Å²) >= 11 is 0. The highest BCUT2D eigenvalue weighted by Crippen LogP contribution is 2.30. The molecule has 0 saturated carbocycles. The third-order valence-electron chi connectivity index (χ3n) is 4.51. The van der Waals surface area contributed by atoms with Crippen molar-refractivity contribution >= 4 is 10.9 Å². The van der Waals surface area contributed by atoms with Crippen molar-refractivity contribution < 1.29 is 13.9 Å². The van der Waals surface area contributed by atoms with Gasteiger partial charge >= 0.3 is 0 Å². The number of hydrogen-bond donors (Lipinski definition) is 0. The number of fused-ring (bicyclic) bond motifs is 1. The molecule has 0 aliphatic heterocycles. The average molecular weight is 375 g/mol. The third-order valence-corrected chi connectivity index (χ3v) is 4.51. The maximum atomic E-state index is 14.2. The summed E-state index contributed by atoms with van der Waals surface area (Å²) in [7, 11) is 3.01. The van der Waals surface area contributed by atoms with Crippen molar-refractivity contribution in [1.82, 2.24) is 15.0 Å². The Morgan fingerprint density at radius 3 is 2.43 bits per heavy atom. The van der Waals surface area contributed by atoms with Gasteiger partial charge in [0.2, 0.25) is 5.88 Å². The number of aryl methyl sites for hydroxylation is 1. The van der Waals surface area contributed by atoms with Crippen LogP contribution in [0, 0.1) is 12.7 Å². The highest BCUT2D eigenvalue weighted by atomic mass is 19.1. The molecule has 0 amide bonds. The van der Waals surface area contributed by atoms with E-state index in [2.05, 4.69) is 9.97 Å². The number of aromatic nitrogens is 3. The van der Waals surface area contributed by atoms with Gasteiger partial charge in [0, 0.05) is 5.56 Å². The fourth-order valence-corrected chi connectivity index (χ4v) is 3.08. The van der Waals surface area contributed by atoms with Gasteiger partial charge in [-0.25, -0.2) is 14.4 Å². The van der Waals surface area contributed by atoms with Crippen LogP contribution in [0.2, 0.25) is 0 Å².